The fourth-order valence-corrected chi connectivity index (χ4v) is 3.43. The number of carboxylic acid groups (broad SMARTS) is 1. The monoisotopic (exact) mass is 370 g/mol. The molecule has 0 saturated carbocycles. The van der Waals surface area contributed by atoms with Crippen molar-refractivity contribution in [3.8, 4) is 17.4 Å². The summed E-state index contributed by atoms with van der Waals surface area (Å²) in [4.78, 5) is 24.4. The SMILES string of the molecule is N#Cc1ccc(-c2ccc(C=C3SC(=S)N(CC(=O)O)C3=O)o2)cc1. The number of benzene rings is 1. The van der Waals surface area contributed by atoms with Crippen LogP contribution in [0, 0.1) is 11.3 Å². The molecule has 2 aromatic rings. The molecule has 1 aliphatic heterocycles. The first-order valence-corrected chi connectivity index (χ1v) is 8.28. The molecule has 0 atom stereocenters. The number of nitriles is 1. The summed E-state index contributed by atoms with van der Waals surface area (Å²) in [6, 6.07) is 12.4. The van der Waals surface area contributed by atoms with E-state index in [1.165, 1.54) is 6.08 Å². The zero-order chi connectivity index (χ0) is 18.0. The largest absolute Gasteiger partial charge is 0.480 e. The topological polar surface area (TPSA) is 94.5 Å². The molecular weight excluding hydrogens is 360 g/mol. The molecule has 0 bridgehead atoms. The van der Waals surface area contributed by atoms with Crippen LogP contribution in [0.2, 0.25) is 0 Å². The lowest BCUT2D eigenvalue weighted by atomic mass is 10.1. The molecule has 1 fully saturated rings. The highest BCUT2D eigenvalue weighted by molar-refractivity contribution is 8.26. The number of aliphatic carboxylic acids is 1. The highest BCUT2D eigenvalue weighted by Crippen LogP contribution is 2.33. The van der Waals surface area contributed by atoms with E-state index in [1.54, 1.807) is 36.4 Å². The highest BCUT2D eigenvalue weighted by atomic mass is 32.2. The van der Waals surface area contributed by atoms with E-state index < -0.39 is 18.4 Å². The van der Waals surface area contributed by atoms with E-state index in [1.807, 2.05) is 6.07 Å². The molecule has 0 aliphatic carbocycles. The number of amides is 1. The molecule has 0 unspecified atom stereocenters. The molecule has 0 radical (unpaired) electrons. The van der Waals surface area contributed by atoms with Gasteiger partial charge in [0, 0.05) is 11.6 Å². The Kier molecular flexibility index (Phi) is 4.70. The van der Waals surface area contributed by atoms with Gasteiger partial charge in [-0.15, -0.1) is 0 Å². The van der Waals surface area contributed by atoms with Crippen molar-refractivity contribution in [2.45, 2.75) is 0 Å². The minimum atomic E-state index is -1.13. The molecule has 1 aromatic carbocycles. The average Bonchev–Trinajstić information content (AvgIpc) is 3.15. The van der Waals surface area contributed by atoms with Gasteiger partial charge in [-0.3, -0.25) is 14.5 Å². The van der Waals surface area contributed by atoms with Gasteiger partial charge < -0.3 is 9.52 Å². The number of thioether (sulfide) groups is 1. The second kappa shape index (κ2) is 6.93. The molecular formula is C17H10N2O4S2. The van der Waals surface area contributed by atoms with Gasteiger partial charge in [0.1, 0.15) is 22.4 Å². The molecule has 0 spiro atoms. The van der Waals surface area contributed by atoms with Gasteiger partial charge in [-0.1, -0.05) is 24.0 Å². The minimum absolute atomic E-state index is 0.206. The van der Waals surface area contributed by atoms with Crippen LogP contribution in [0.3, 0.4) is 0 Å². The number of rotatable bonds is 4. The third-order valence-electron chi connectivity index (χ3n) is 3.37. The molecule has 1 aliphatic rings. The lowest BCUT2D eigenvalue weighted by Crippen LogP contribution is -2.33. The van der Waals surface area contributed by atoms with E-state index in [0.717, 1.165) is 22.2 Å². The number of furan rings is 1. The van der Waals surface area contributed by atoms with E-state index in [4.69, 9.17) is 27.0 Å². The first-order chi connectivity index (χ1) is 12.0. The summed E-state index contributed by atoms with van der Waals surface area (Å²) in [5.74, 6) is -0.528. The van der Waals surface area contributed by atoms with Crippen LogP contribution in [0.5, 0.6) is 0 Å². The number of nitrogens with zero attached hydrogens (tertiary/aromatic N) is 2. The van der Waals surface area contributed by atoms with Crippen molar-refractivity contribution in [3.63, 3.8) is 0 Å². The predicted octanol–water partition coefficient (Wildman–Crippen LogP) is 3.10. The zero-order valence-electron chi connectivity index (χ0n) is 12.6. The Bertz CT molecular complexity index is 938. The highest BCUT2D eigenvalue weighted by Gasteiger charge is 2.33. The zero-order valence-corrected chi connectivity index (χ0v) is 14.3. The van der Waals surface area contributed by atoms with Gasteiger partial charge in [0.2, 0.25) is 0 Å². The third kappa shape index (κ3) is 3.63. The Labute approximate surface area is 152 Å². The van der Waals surface area contributed by atoms with Crippen LogP contribution in [0.4, 0.5) is 0 Å². The number of hydrogen-bond donors (Lipinski definition) is 1. The summed E-state index contributed by atoms with van der Waals surface area (Å²) in [5.41, 5.74) is 1.36. The van der Waals surface area contributed by atoms with Crippen molar-refractivity contribution in [3.05, 3.63) is 52.6 Å². The van der Waals surface area contributed by atoms with Crippen molar-refractivity contribution in [1.82, 2.24) is 4.90 Å². The summed E-state index contributed by atoms with van der Waals surface area (Å²) in [5, 5.41) is 17.6. The van der Waals surface area contributed by atoms with Crippen LogP contribution in [0.1, 0.15) is 11.3 Å². The van der Waals surface area contributed by atoms with Crippen LogP contribution in [-0.4, -0.2) is 32.7 Å². The second-order valence-corrected chi connectivity index (χ2v) is 6.73. The maximum atomic E-state index is 12.2. The van der Waals surface area contributed by atoms with Crippen molar-refractivity contribution in [2.24, 2.45) is 0 Å². The fourth-order valence-electron chi connectivity index (χ4n) is 2.20. The van der Waals surface area contributed by atoms with Gasteiger partial charge in [0.15, 0.2) is 0 Å². The molecule has 2 heterocycles. The van der Waals surface area contributed by atoms with Crippen molar-refractivity contribution < 1.29 is 19.1 Å². The van der Waals surface area contributed by atoms with E-state index in [-0.39, 0.29) is 4.32 Å². The normalized spacial score (nSPS) is 15.6. The number of carbonyl (C=O) groups excluding carboxylic acids is 1. The second-order valence-electron chi connectivity index (χ2n) is 5.05. The summed E-state index contributed by atoms with van der Waals surface area (Å²) >= 11 is 6.08. The minimum Gasteiger partial charge on any atom is -0.480 e. The predicted molar refractivity (Wildman–Crippen MR) is 96.4 cm³/mol. The summed E-state index contributed by atoms with van der Waals surface area (Å²) in [6.07, 6.45) is 1.54. The van der Waals surface area contributed by atoms with E-state index in [2.05, 4.69) is 0 Å². The lowest BCUT2D eigenvalue weighted by Gasteiger charge is -2.09. The van der Waals surface area contributed by atoms with Crippen molar-refractivity contribution in [1.29, 1.82) is 5.26 Å². The summed E-state index contributed by atoms with van der Waals surface area (Å²) < 4.78 is 5.91. The third-order valence-corrected chi connectivity index (χ3v) is 4.74. The molecule has 1 aromatic heterocycles. The molecule has 1 amide bonds. The number of hydrogen-bond acceptors (Lipinski definition) is 6. The Balaban J connectivity index is 1.82. The van der Waals surface area contributed by atoms with Crippen molar-refractivity contribution >= 4 is 46.3 Å². The number of carbonyl (C=O) groups is 2. The first-order valence-electron chi connectivity index (χ1n) is 7.05. The summed E-state index contributed by atoms with van der Waals surface area (Å²) in [7, 11) is 0. The Morgan fingerprint density at radius 3 is 2.68 bits per heavy atom. The molecule has 124 valence electrons. The lowest BCUT2D eigenvalue weighted by molar-refractivity contribution is -0.140. The van der Waals surface area contributed by atoms with Gasteiger partial charge in [0.05, 0.1) is 16.5 Å². The van der Waals surface area contributed by atoms with Gasteiger partial charge in [-0.25, -0.2) is 0 Å². The molecule has 8 heteroatoms. The van der Waals surface area contributed by atoms with Gasteiger partial charge in [-0.05, 0) is 36.4 Å². The smallest absolute Gasteiger partial charge is 0.323 e. The maximum Gasteiger partial charge on any atom is 0.323 e. The van der Waals surface area contributed by atoms with Crippen LogP contribution in [0.25, 0.3) is 17.4 Å². The first kappa shape index (κ1) is 17.0. The fraction of sp³-hybridized carbons (Fsp3) is 0.0588. The number of carboxylic acids is 1. The van der Waals surface area contributed by atoms with Gasteiger partial charge >= 0.3 is 5.97 Å². The van der Waals surface area contributed by atoms with Crippen LogP contribution in [0.15, 0.2) is 45.7 Å². The van der Waals surface area contributed by atoms with Crippen LogP contribution < -0.4 is 0 Å². The van der Waals surface area contributed by atoms with Crippen molar-refractivity contribution in [2.75, 3.05) is 6.54 Å². The molecule has 6 nitrogen and oxygen atoms in total. The van der Waals surface area contributed by atoms with Crippen LogP contribution in [-0.2, 0) is 9.59 Å². The molecule has 25 heavy (non-hydrogen) atoms. The molecule has 3 rings (SSSR count). The molecule has 1 N–H and O–H groups in total. The van der Waals surface area contributed by atoms with E-state index in [9.17, 15) is 9.59 Å². The Hall–Kier alpha value is -2.89. The Morgan fingerprint density at radius 2 is 2.04 bits per heavy atom. The Morgan fingerprint density at radius 1 is 1.32 bits per heavy atom. The van der Waals surface area contributed by atoms with Crippen LogP contribution >= 0.6 is 24.0 Å². The van der Waals surface area contributed by atoms with E-state index >= 15 is 0 Å². The van der Waals surface area contributed by atoms with Gasteiger partial charge in [-0.2, -0.15) is 5.26 Å². The van der Waals surface area contributed by atoms with E-state index in [0.29, 0.717) is 22.0 Å². The maximum absolute atomic E-state index is 12.2. The van der Waals surface area contributed by atoms with Gasteiger partial charge in [0.25, 0.3) is 5.91 Å². The molecule has 1 saturated heterocycles. The average molecular weight is 370 g/mol. The number of thiocarbonyl (C=S) groups is 1. The quantitative estimate of drug-likeness (QED) is 0.653. The standard InChI is InChI=1S/C17H10N2O4S2/c18-8-10-1-3-11(4-2-10)13-6-5-12(23-13)7-14-16(22)19(9-15(20)21)17(24)25-14/h1-7H,9H2,(H,20,21). The summed E-state index contributed by atoms with van der Waals surface area (Å²) in [6.45, 7) is -0.462.